The summed E-state index contributed by atoms with van der Waals surface area (Å²) in [5.41, 5.74) is 1.85. The fraction of sp³-hybridized carbons (Fsp3) is 0.706. The topological polar surface area (TPSA) is 78.7 Å². The quantitative estimate of drug-likeness (QED) is 0.864. The number of nitrogens with one attached hydrogen (secondary N) is 1. The highest BCUT2D eigenvalue weighted by Gasteiger charge is 2.34. The van der Waals surface area contributed by atoms with Crippen LogP contribution < -0.4 is 5.32 Å². The first-order valence-corrected chi connectivity index (χ1v) is 8.52. The Morgan fingerprint density at radius 1 is 1.33 bits per heavy atom. The number of piperazine rings is 1. The van der Waals surface area contributed by atoms with Crippen LogP contribution in [0.2, 0.25) is 0 Å². The summed E-state index contributed by atoms with van der Waals surface area (Å²) in [6.07, 6.45) is 1.03. The van der Waals surface area contributed by atoms with Gasteiger partial charge in [-0.1, -0.05) is 5.16 Å². The maximum absolute atomic E-state index is 12.6. The van der Waals surface area contributed by atoms with Crippen molar-refractivity contribution in [1.29, 1.82) is 0 Å². The van der Waals surface area contributed by atoms with Crippen molar-refractivity contribution in [2.45, 2.75) is 52.6 Å². The van der Waals surface area contributed by atoms with Crippen molar-refractivity contribution in [1.82, 2.24) is 20.3 Å². The lowest BCUT2D eigenvalue weighted by Crippen LogP contribution is -2.61. The van der Waals surface area contributed by atoms with Gasteiger partial charge >= 0.3 is 0 Å². The Kier molecular flexibility index (Phi) is 5.99. The molecule has 0 saturated carbocycles. The molecule has 1 aromatic rings. The molecule has 0 aromatic carbocycles. The van der Waals surface area contributed by atoms with Crippen molar-refractivity contribution >= 4 is 11.8 Å². The molecule has 7 heteroatoms. The van der Waals surface area contributed by atoms with Crippen LogP contribution in [-0.4, -0.2) is 65.5 Å². The van der Waals surface area contributed by atoms with Crippen molar-refractivity contribution < 1.29 is 14.1 Å². The Labute approximate surface area is 143 Å². The Morgan fingerprint density at radius 3 is 2.58 bits per heavy atom. The van der Waals surface area contributed by atoms with Crippen molar-refractivity contribution in [2.75, 3.05) is 26.7 Å². The van der Waals surface area contributed by atoms with Crippen LogP contribution in [0.3, 0.4) is 0 Å². The lowest BCUT2D eigenvalue weighted by molar-refractivity contribution is -0.138. The van der Waals surface area contributed by atoms with E-state index in [1.54, 1.807) is 11.9 Å². The summed E-state index contributed by atoms with van der Waals surface area (Å²) in [7, 11) is 1.64. The molecule has 1 saturated heterocycles. The second-order valence-electron chi connectivity index (χ2n) is 6.60. The standard InChI is InChI=1S/C17H28N4O3/c1-11(2)21-9-8-20(10-15(21)17(23)18-5)16(22)7-6-14-12(3)19-24-13(14)4/h11,15H,6-10H2,1-5H3,(H,18,23). The van der Waals surface area contributed by atoms with Crippen LogP contribution in [0.25, 0.3) is 0 Å². The first-order chi connectivity index (χ1) is 11.3. The minimum Gasteiger partial charge on any atom is -0.361 e. The molecular formula is C17H28N4O3. The van der Waals surface area contributed by atoms with Gasteiger partial charge in [0.25, 0.3) is 0 Å². The molecule has 134 valence electrons. The summed E-state index contributed by atoms with van der Waals surface area (Å²) in [5.74, 6) is 0.812. The van der Waals surface area contributed by atoms with Crippen LogP contribution in [0, 0.1) is 13.8 Å². The molecule has 2 amide bonds. The van der Waals surface area contributed by atoms with E-state index in [4.69, 9.17) is 4.52 Å². The van der Waals surface area contributed by atoms with Crippen LogP contribution in [-0.2, 0) is 16.0 Å². The van der Waals surface area contributed by atoms with Gasteiger partial charge in [0.15, 0.2) is 0 Å². The Bertz CT molecular complexity index is 577. The Balaban J connectivity index is 1.99. The van der Waals surface area contributed by atoms with E-state index in [1.807, 2.05) is 13.8 Å². The lowest BCUT2D eigenvalue weighted by atomic mass is 10.1. The van der Waals surface area contributed by atoms with E-state index in [0.29, 0.717) is 32.5 Å². The third-order valence-corrected chi connectivity index (χ3v) is 4.76. The van der Waals surface area contributed by atoms with Gasteiger partial charge in [0, 0.05) is 44.7 Å². The third-order valence-electron chi connectivity index (χ3n) is 4.76. The molecule has 0 spiro atoms. The SMILES string of the molecule is CNC(=O)C1CN(C(=O)CCc2c(C)noc2C)CCN1C(C)C. The molecule has 1 unspecified atom stereocenters. The third kappa shape index (κ3) is 3.95. The maximum Gasteiger partial charge on any atom is 0.238 e. The molecule has 1 aromatic heterocycles. The van der Waals surface area contributed by atoms with Gasteiger partial charge in [-0.2, -0.15) is 0 Å². The molecule has 7 nitrogen and oxygen atoms in total. The molecule has 0 bridgehead atoms. The average molecular weight is 336 g/mol. The zero-order valence-electron chi connectivity index (χ0n) is 15.3. The lowest BCUT2D eigenvalue weighted by Gasteiger charge is -2.42. The monoisotopic (exact) mass is 336 g/mol. The molecule has 0 radical (unpaired) electrons. The molecule has 1 atom stereocenters. The van der Waals surface area contributed by atoms with E-state index in [-0.39, 0.29) is 23.9 Å². The number of aryl methyl sites for hydroxylation is 2. The summed E-state index contributed by atoms with van der Waals surface area (Å²) in [5, 5.41) is 6.63. The van der Waals surface area contributed by atoms with Gasteiger partial charge in [-0.25, -0.2) is 0 Å². The number of carbonyl (C=O) groups excluding carboxylic acids is 2. The zero-order valence-corrected chi connectivity index (χ0v) is 15.3. The number of likely N-dealkylation sites (N-methyl/N-ethyl adjacent to an activating group) is 1. The molecule has 1 aliphatic rings. The zero-order chi connectivity index (χ0) is 17.9. The number of hydrogen-bond acceptors (Lipinski definition) is 5. The van der Waals surface area contributed by atoms with Gasteiger partial charge in [0.1, 0.15) is 11.8 Å². The van der Waals surface area contributed by atoms with E-state index < -0.39 is 0 Å². The molecule has 1 fully saturated rings. The Morgan fingerprint density at radius 2 is 2.04 bits per heavy atom. The highest BCUT2D eigenvalue weighted by molar-refractivity contribution is 5.83. The molecule has 24 heavy (non-hydrogen) atoms. The summed E-state index contributed by atoms with van der Waals surface area (Å²) in [6.45, 7) is 9.72. The van der Waals surface area contributed by atoms with Crippen molar-refractivity contribution in [3.63, 3.8) is 0 Å². The van der Waals surface area contributed by atoms with E-state index in [0.717, 1.165) is 17.0 Å². The molecule has 2 rings (SSSR count). The maximum atomic E-state index is 12.6. The predicted molar refractivity (Wildman–Crippen MR) is 90.6 cm³/mol. The summed E-state index contributed by atoms with van der Waals surface area (Å²) >= 11 is 0. The normalized spacial score (nSPS) is 18.9. The number of hydrogen-bond donors (Lipinski definition) is 1. The second-order valence-corrected chi connectivity index (χ2v) is 6.60. The summed E-state index contributed by atoms with van der Waals surface area (Å²) in [4.78, 5) is 28.7. The molecule has 2 heterocycles. The van der Waals surface area contributed by atoms with Gasteiger partial charge in [-0.15, -0.1) is 0 Å². The molecule has 1 N–H and O–H groups in total. The van der Waals surface area contributed by atoms with Crippen molar-refractivity contribution in [2.24, 2.45) is 0 Å². The van der Waals surface area contributed by atoms with Gasteiger partial charge in [0.05, 0.1) is 5.69 Å². The van der Waals surface area contributed by atoms with Gasteiger partial charge < -0.3 is 14.7 Å². The summed E-state index contributed by atoms with van der Waals surface area (Å²) < 4.78 is 5.14. The fourth-order valence-electron chi connectivity index (χ4n) is 3.29. The van der Waals surface area contributed by atoms with E-state index >= 15 is 0 Å². The molecular weight excluding hydrogens is 308 g/mol. The molecule has 0 aliphatic carbocycles. The highest BCUT2D eigenvalue weighted by Crippen LogP contribution is 2.18. The van der Waals surface area contributed by atoms with E-state index in [2.05, 4.69) is 29.2 Å². The van der Waals surface area contributed by atoms with Gasteiger partial charge in [-0.3, -0.25) is 14.5 Å². The second kappa shape index (κ2) is 7.79. The first kappa shape index (κ1) is 18.4. The minimum absolute atomic E-state index is 0.0353. The smallest absolute Gasteiger partial charge is 0.238 e. The van der Waals surface area contributed by atoms with Crippen LogP contribution in [0.5, 0.6) is 0 Å². The number of aromatic nitrogens is 1. The first-order valence-electron chi connectivity index (χ1n) is 8.52. The number of nitrogens with zero attached hydrogens (tertiary/aromatic N) is 3. The van der Waals surface area contributed by atoms with Gasteiger partial charge in [-0.05, 0) is 34.1 Å². The van der Waals surface area contributed by atoms with Crippen LogP contribution in [0.15, 0.2) is 4.52 Å². The fourth-order valence-corrected chi connectivity index (χ4v) is 3.29. The van der Waals surface area contributed by atoms with Crippen molar-refractivity contribution in [3.8, 4) is 0 Å². The predicted octanol–water partition coefficient (Wildman–Crippen LogP) is 0.891. The van der Waals surface area contributed by atoms with Crippen LogP contribution >= 0.6 is 0 Å². The number of carbonyl (C=O) groups is 2. The highest BCUT2D eigenvalue weighted by atomic mass is 16.5. The van der Waals surface area contributed by atoms with Crippen molar-refractivity contribution in [3.05, 3.63) is 17.0 Å². The number of rotatable bonds is 5. The van der Waals surface area contributed by atoms with E-state index in [9.17, 15) is 9.59 Å². The van der Waals surface area contributed by atoms with Gasteiger partial charge in [0.2, 0.25) is 11.8 Å². The van der Waals surface area contributed by atoms with Crippen LogP contribution in [0.4, 0.5) is 0 Å². The summed E-state index contributed by atoms with van der Waals surface area (Å²) in [6, 6.07) is -0.0152. The van der Waals surface area contributed by atoms with E-state index in [1.165, 1.54) is 0 Å². The number of amides is 2. The van der Waals surface area contributed by atoms with Crippen LogP contribution in [0.1, 0.15) is 37.3 Å². The Hall–Kier alpha value is -1.89. The average Bonchev–Trinajstić information content (AvgIpc) is 2.89. The largest absolute Gasteiger partial charge is 0.361 e. The minimum atomic E-state index is -0.285. The molecule has 1 aliphatic heterocycles.